The van der Waals surface area contributed by atoms with Crippen LogP contribution in [0.15, 0.2) is 28.7 Å². The fourth-order valence-electron chi connectivity index (χ4n) is 1.70. The van der Waals surface area contributed by atoms with E-state index in [4.69, 9.17) is 9.47 Å². The Morgan fingerprint density at radius 1 is 1.21 bits per heavy atom. The highest BCUT2D eigenvalue weighted by atomic mass is 127. The minimum atomic E-state index is -0.273. The number of ether oxygens (including phenoxy) is 2. The number of methoxy groups -OCH3 is 1. The lowest BCUT2D eigenvalue weighted by Crippen LogP contribution is -2.32. The van der Waals surface area contributed by atoms with Crippen LogP contribution >= 0.6 is 38.5 Å². The average molecular weight is 441 g/mol. The van der Waals surface area contributed by atoms with Gasteiger partial charge in [0.1, 0.15) is 5.60 Å². The molecule has 0 aromatic heterocycles. The second kappa shape index (κ2) is 7.38. The van der Waals surface area contributed by atoms with Crippen LogP contribution in [0.4, 0.5) is 0 Å². The van der Waals surface area contributed by atoms with Gasteiger partial charge >= 0.3 is 0 Å². The third-order valence-corrected chi connectivity index (χ3v) is 5.52. The smallest absolute Gasteiger partial charge is 0.100 e. The van der Waals surface area contributed by atoms with Gasteiger partial charge in [-0.1, -0.05) is 56.7 Å². The summed E-state index contributed by atoms with van der Waals surface area (Å²) in [6, 6.07) is 8.24. The van der Waals surface area contributed by atoms with Gasteiger partial charge in [-0.15, -0.1) is 0 Å². The van der Waals surface area contributed by atoms with Gasteiger partial charge < -0.3 is 9.47 Å². The van der Waals surface area contributed by atoms with E-state index in [0.717, 1.165) is 15.3 Å². The lowest BCUT2D eigenvalue weighted by Gasteiger charge is -2.31. The number of hydrogen-bond donors (Lipinski definition) is 0. The van der Waals surface area contributed by atoms with Crippen molar-refractivity contribution < 1.29 is 9.47 Å². The van der Waals surface area contributed by atoms with Crippen LogP contribution in [-0.2, 0) is 15.1 Å². The molecule has 108 valence electrons. The highest BCUT2D eigenvalue weighted by molar-refractivity contribution is 14.1. The SMILES string of the molecule is COC(C)(C)CCOC(C)(CI)c1ccccc1Br. The molecule has 0 fully saturated rings. The third kappa shape index (κ3) is 4.99. The molecule has 19 heavy (non-hydrogen) atoms. The summed E-state index contributed by atoms with van der Waals surface area (Å²) >= 11 is 5.99. The zero-order valence-electron chi connectivity index (χ0n) is 12.0. The van der Waals surface area contributed by atoms with Crippen LogP contribution in [-0.4, -0.2) is 23.7 Å². The molecule has 0 amide bonds. The minimum absolute atomic E-state index is 0.139. The number of hydrogen-bond acceptors (Lipinski definition) is 2. The molecule has 1 aromatic rings. The molecule has 0 spiro atoms. The van der Waals surface area contributed by atoms with Crippen molar-refractivity contribution in [3.63, 3.8) is 0 Å². The van der Waals surface area contributed by atoms with Gasteiger partial charge in [0.2, 0.25) is 0 Å². The molecule has 0 saturated carbocycles. The highest BCUT2D eigenvalue weighted by Gasteiger charge is 2.29. The molecule has 0 radical (unpaired) electrons. The molecular formula is C15H22BrIO2. The maximum absolute atomic E-state index is 6.17. The van der Waals surface area contributed by atoms with Crippen molar-refractivity contribution in [1.82, 2.24) is 0 Å². The summed E-state index contributed by atoms with van der Waals surface area (Å²) in [6.07, 6.45) is 0.875. The van der Waals surface area contributed by atoms with E-state index in [9.17, 15) is 0 Å². The van der Waals surface area contributed by atoms with E-state index in [1.165, 1.54) is 5.56 Å². The number of alkyl halides is 1. The zero-order chi connectivity index (χ0) is 14.5. The Bertz CT molecular complexity index is 409. The van der Waals surface area contributed by atoms with Crippen LogP contribution in [0, 0.1) is 0 Å². The Kier molecular flexibility index (Phi) is 6.76. The summed E-state index contributed by atoms with van der Waals surface area (Å²) in [4.78, 5) is 0. The molecular weight excluding hydrogens is 419 g/mol. The van der Waals surface area contributed by atoms with Crippen molar-refractivity contribution in [2.24, 2.45) is 0 Å². The van der Waals surface area contributed by atoms with Crippen LogP contribution < -0.4 is 0 Å². The maximum atomic E-state index is 6.17. The molecule has 0 bridgehead atoms. The van der Waals surface area contributed by atoms with Crippen LogP contribution in [0.1, 0.15) is 32.8 Å². The summed E-state index contributed by atoms with van der Waals surface area (Å²) in [6.45, 7) is 6.98. The van der Waals surface area contributed by atoms with Crippen LogP contribution in [0.3, 0.4) is 0 Å². The zero-order valence-corrected chi connectivity index (χ0v) is 15.7. The van der Waals surface area contributed by atoms with Crippen LogP contribution in [0.2, 0.25) is 0 Å². The van der Waals surface area contributed by atoms with E-state index in [1.807, 2.05) is 12.1 Å². The molecule has 1 unspecified atom stereocenters. The molecule has 0 N–H and O–H groups in total. The molecule has 0 aliphatic rings. The Balaban J connectivity index is 2.74. The lowest BCUT2D eigenvalue weighted by atomic mass is 9.98. The molecule has 0 aliphatic carbocycles. The predicted molar refractivity (Wildman–Crippen MR) is 92.0 cm³/mol. The van der Waals surface area contributed by atoms with Gasteiger partial charge in [0.05, 0.1) is 12.2 Å². The van der Waals surface area contributed by atoms with Gasteiger partial charge in [-0.05, 0) is 38.8 Å². The fraction of sp³-hybridized carbons (Fsp3) is 0.600. The molecule has 1 rings (SSSR count). The minimum Gasteiger partial charge on any atom is -0.379 e. The second-order valence-corrected chi connectivity index (χ2v) is 7.02. The van der Waals surface area contributed by atoms with Crippen molar-refractivity contribution in [2.45, 2.75) is 38.4 Å². The average Bonchev–Trinajstić information content (AvgIpc) is 2.39. The molecule has 4 heteroatoms. The van der Waals surface area contributed by atoms with Crippen molar-refractivity contribution in [1.29, 1.82) is 0 Å². The van der Waals surface area contributed by atoms with E-state index in [0.29, 0.717) is 6.61 Å². The molecule has 0 heterocycles. The standard InChI is InChI=1S/C15H22BrIO2/c1-14(2,18-4)9-10-19-15(3,11-17)12-7-5-6-8-13(12)16/h5-8H,9-11H2,1-4H3. The molecule has 2 nitrogen and oxygen atoms in total. The molecule has 1 aromatic carbocycles. The van der Waals surface area contributed by atoms with Crippen molar-refractivity contribution in [3.05, 3.63) is 34.3 Å². The van der Waals surface area contributed by atoms with Gasteiger partial charge in [0.15, 0.2) is 0 Å². The van der Waals surface area contributed by atoms with Crippen molar-refractivity contribution >= 4 is 38.5 Å². The second-order valence-electron chi connectivity index (χ2n) is 5.41. The van der Waals surface area contributed by atoms with E-state index < -0.39 is 0 Å². The van der Waals surface area contributed by atoms with Gasteiger partial charge in [0, 0.05) is 16.0 Å². The molecule has 0 saturated heterocycles. The number of halogens is 2. The van der Waals surface area contributed by atoms with Crippen molar-refractivity contribution in [3.8, 4) is 0 Å². The third-order valence-electron chi connectivity index (χ3n) is 3.38. The van der Waals surface area contributed by atoms with Crippen LogP contribution in [0.25, 0.3) is 0 Å². The Labute approximate surface area is 138 Å². The first-order chi connectivity index (χ1) is 8.84. The van der Waals surface area contributed by atoms with E-state index in [1.54, 1.807) is 7.11 Å². The molecule has 1 atom stereocenters. The van der Waals surface area contributed by atoms with Crippen LogP contribution in [0.5, 0.6) is 0 Å². The van der Waals surface area contributed by atoms with Gasteiger partial charge in [-0.25, -0.2) is 0 Å². The van der Waals surface area contributed by atoms with Gasteiger partial charge in [0.25, 0.3) is 0 Å². The first kappa shape index (κ1) is 17.4. The first-order valence-electron chi connectivity index (χ1n) is 6.35. The summed E-state index contributed by atoms with van der Waals surface area (Å²) in [5.41, 5.74) is 0.782. The topological polar surface area (TPSA) is 18.5 Å². The Hall–Kier alpha value is 0.350. The van der Waals surface area contributed by atoms with E-state index >= 15 is 0 Å². The lowest BCUT2D eigenvalue weighted by molar-refractivity contribution is -0.0576. The number of benzene rings is 1. The largest absolute Gasteiger partial charge is 0.379 e. The summed E-state index contributed by atoms with van der Waals surface area (Å²) < 4.78 is 13.6. The van der Waals surface area contributed by atoms with Gasteiger partial charge in [-0.3, -0.25) is 0 Å². The van der Waals surface area contributed by atoms with E-state index in [2.05, 4.69) is 71.4 Å². The van der Waals surface area contributed by atoms with Crippen molar-refractivity contribution in [2.75, 3.05) is 18.1 Å². The maximum Gasteiger partial charge on any atom is 0.100 e. The Morgan fingerprint density at radius 2 is 1.84 bits per heavy atom. The molecule has 0 aliphatic heterocycles. The number of rotatable bonds is 7. The quantitative estimate of drug-likeness (QED) is 0.442. The van der Waals surface area contributed by atoms with E-state index in [-0.39, 0.29) is 11.2 Å². The first-order valence-corrected chi connectivity index (χ1v) is 8.66. The fourth-order valence-corrected chi connectivity index (χ4v) is 3.04. The summed E-state index contributed by atoms with van der Waals surface area (Å²) in [7, 11) is 1.74. The van der Waals surface area contributed by atoms with Gasteiger partial charge in [-0.2, -0.15) is 0 Å². The summed E-state index contributed by atoms with van der Waals surface area (Å²) in [5.74, 6) is 0. The Morgan fingerprint density at radius 3 is 2.37 bits per heavy atom. The summed E-state index contributed by atoms with van der Waals surface area (Å²) in [5, 5.41) is 0. The highest BCUT2D eigenvalue weighted by Crippen LogP contribution is 2.33. The normalized spacial score (nSPS) is 15.3. The predicted octanol–water partition coefficient (Wildman–Crippen LogP) is 4.93. The monoisotopic (exact) mass is 440 g/mol.